The lowest BCUT2D eigenvalue weighted by molar-refractivity contribution is 0.411. The van der Waals surface area contributed by atoms with Crippen molar-refractivity contribution in [3.05, 3.63) is 24.3 Å². The van der Waals surface area contributed by atoms with E-state index in [-0.39, 0.29) is 0 Å². The molecule has 0 amide bonds. The second-order valence-electron chi connectivity index (χ2n) is 4.45. The molecule has 3 nitrogen and oxygen atoms in total. The van der Waals surface area contributed by atoms with Gasteiger partial charge < -0.3 is 15.8 Å². The molecule has 17 heavy (non-hydrogen) atoms. The molecule has 0 aliphatic heterocycles. The quantitative estimate of drug-likeness (QED) is 0.765. The minimum absolute atomic E-state index is 0.297. The van der Waals surface area contributed by atoms with Crippen molar-refractivity contribution >= 4 is 5.69 Å². The highest BCUT2D eigenvalue weighted by molar-refractivity contribution is 5.56. The molecule has 0 spiro atoms. The summed E-state index contributed by atoms with van der Waals surface area (Å²) in [6.07, 6.45) is 2.37. The van der Waals surface area contributed by atoms with E-state index in [0.717, 1.165) is 11.4 Å². The number of benzene rings is 1. The van der Waals surface area contributed by atoms with E-state index >= 15 is 0 Å². The third-order valence-electron chi connectivity index (χ3n) is 3.13. The first-order chi connectivity index (χ1) is 8.22. The minimum atomic E-state index is 0.297. The number of nitrogens with one attached hydrogen (secondary N) is 1. The van der Waals surface area contributed by atoms with Crippen LogP contribution in [-0.4, -0.2) is 19.7 Å². The topological polar surface area (TPSA) is 47.3 Å². The van der Waals surface area contributed by atoms with E-state index in [0.29, 0.717) is 18.5 Å². The Balaban J connectivity index is 2.73. The van der Waals surface area contributed by atoms with Gasteiger partial charge in [0.15, 0.2) is 0 Å². The van der Waals surface area contributed by atoms with Gasteiger partial charge >= 0.3 is 0 Å². The smallest absolute Gasteiger partial charge is 0.141 e. The summed E-state index contributed by atoms with van der Waals surface area (Å²) in [6.45, 7) is 5.08. The van der Waals surface area contributed by atoms with Gasteiger partial charge in [-0.3, -0.25) is 0 Å². The molecule has 1 aromatic carbocycles. The summed E-state index contributed by atoms with van der Waals surface area (Å²) in [5.74, 6) is 1.43. The van der Waals surface area contributed by atoms with Crippen molar-refractivity contribution < 1.29 is 4.74 Å². The zero-order valence-electron chi connectivity index (χ0n) is 11.1. The Labute approximate surface area is 104 Å². The van der Waals surface area contributed by atoms with Gasteiger partial charge in [0.25, 0.3) is 0 Å². The predicted molar refractivity (Wildman–Crippen MR) is 73.5 cm³/mol. The molecular formula is C14H24N2O. The van der Waals surface area contributed by atoms with Gasteiger partial charge in [-0.05, 0) is 24.5 Å². The van der Waals surface area contributed by atoms with Gasteiger partial charge in [0.05, 0.1) is 12.8 Å². The van der Waals surface area contributed by atoms with Crippen molar-refractivity contribution in [2.75, 3.05) is 19.0 Å². The molecule has 0 aliphatic carbocycles. The average Bonchev–Trinajstić information content (AvgIpc) is 2.36. The highest BCUT2D eigenvalue weighted by Gasteiger charge is 2.16. The van der Waals surface area contributed by atoms with Gasteiger partial charge in [0.2, 0.25) is 0 Å². The summed E-state index contributed by atoms with van der Waals surface area (Å²) in [5.41, 5.74) is 6.86. The standard InChI is InChI=1S/C14H24N2O/c1-4-7-11(2)13(10-15)16-12-8-5-6-9-14(12)17-3/h5-6,8-9,11,13,16H,4,7,10,15H2,1-3H3. The average molecular weight is 236 g/mol. The van der Waals surface area contributed by atoms with Crippen LogP contribution < -0.4 is 15.8 Å². The normalized spacial score (nSPS) is 14.1. The van der Waals surface area contributed by atoms with Crippen molar-refractivity contribution in [3.63, 3.8) is 0 Å². The minimum Gasteiger partial charge on any atom is -0.495 e. The van der Waals surface area contributed by atoms with Crippen molar-refractivity contribution in [2.24, 2.45) is 11.7 Å². The van der Waals surface area contributed by atoms with Crippen LogP contribution in [0.15, 0.2) is 24.3 Å². The number of hydrogen-bond acceptors (Lipinski definition) is 3. The van der Waals surface area contributed by atoms with Crippen molar-refractivity contribution in [1.29, 1.82) is 0 Å². The molecule has 0 fully saturated rings. The summed E-state index contributed by atoms with van der Waals surface area (Å²) in [7, 11) is 1.69. The number of hydrogen-bond donors (Lipinski definition) is 2. The van der Waals surface area contributed by atoms with Crippen LogP contribution >= 0.6 is 0 Å². The van der Waals surface area contributed by atoms with E-state index in [4.69, 9.17) is 10.5 Å². The number of nitrogens with two attached hydrogens (primary N) is 1. The number of para-hydroxylation sites is 2. The molecule has 96 valence electrons. The SMILES string of the molecule is CCCC(C)C(CN)Nc1ccccc1OC. The Morgan fingerprint density at radius 2 is 2.06 bits per heavy atom. The molecule has 0 bridgehead atoms. The molecule has 0 radical (unpaired) electrons. The summed E-state index contributed by atoms with van der Waals surface area (Å²) >= 11 is 0. The van der Waals surface area contributed by atoms with Gasteiger partial charge in [-0.1, -0.05) is 32.4 Å². The molecular weight excluding hydrogens is 212 g/mol. The Morgan fingerprint density at radius 1 is 1.35 bits per heavy atom. The molecule has 0 heterocycles. The van der Waals surface area contributed by atoms with E-state index < -0.39 is 0 Å². The molecule has 3 heteroatoms. The lowest BCUT2D eigenvalue weighted by Gasteiger charge is -2.25. The summed E-state index contributed by atoms with van der Waals surface area (Å²) in [5, 5.41) is 3.48. The highest BCUT2D eigenvalue weighted by atomic mass is 16.5. The first kappa shape index (κ1) is 13.8. The molecule has 2 unspecified atom stereocenters. The van der Waals surface area contributed by atoms with Gasteiger partial charge in [0.1, 0.15) is 5.75 Å². The first-order valence-corrected chi connectivity index (χ1v) is 6.32. The molecule has 0 aliphatic rings. The fourth-order valence-electron chi connectivity index (χ4n) is 2.05. The van der Waals surface area contributed by atoms with Crippen LogP contribution in [0, 0.1) is 5.92 Å². The van der Waals surface area contributed by atoms with Crippen LogP contribution in [0.4, 0.5) is 5.69 Å². The predicted octanol–water partition coefficient (Wildman–Crippen LogP) is 2.87. The Hall–Kier alpha value is -1.22. The fraction of sp³-hybridized carbons (Fsp3) is 0.571. The van der Waals surface area contributed by atoms with E-state index in [2.05, 4.69) is 19.2 Å². The largest absolute Gasteiger partial charge is 0.495 e. The second-order valence-corrected chi connectivity index (χ2v) is 4.45. The van der Waals surface area contributed by atoms with Crippen LogP contribution in [0.25, 0.3) is 0 Å². The van der Waals surface area contributed by atoms with Crippen LogP contribution in [0.2, 0.25) is 0 Å². The van der Waals surface area contributed by atoms with E-state index in [9.17, 15) is 0 Å². The third kappa shape index (κ3) is 3.93. The molecule has 3 N–H and O–H groups in total. The maximum atomic E-state index is 5.84. The van der Waals surface area contributed by atoms with Crippen molar-refractivity contribution in [2.45, 2.75) is 32.7 Å². The Bertz CT molecular complexity index is 328. The number of rotatable bonds is 7. The zero-order valence-corrected chi connectivity index (χ0v) is 11.1. The fourth-order valence-corrected chi connectivity index (χ4v) is 2.05. The summed E-state index contributed by atoms with van der Waals surface area (Å²) in [4.78, 5) is 0. The number of ether oxygens (including phenoxy) is 1. The molecule has 1 rings (SSSR count). The zero-order chi connectivity index (χ0) is 12.7. The van der Waals surface area contributed by atoms with E-state index in [1.54, 1.807) is 7.11 Å². The van der Waals surface area contributed by atoms with Crippen molar-refractivity contribution in [1.82, 2.24) is 0 Å². The highest BCUT2D eigenvalue weighted by Crippen LogP contribution is 2.25. The number of methoxy groups -OCH3 is 1. The summed E-state index contributed by atoms with van der Waals surface area (Å²) in [6, 6.07) is 8.26. The van der Waals surface area contributed by atoms with Gasteiger partial charge in [-0.25, -0.2) is 0 Å². The van der Waals surface area contributed by atoms with Gasteiger partial charge in [0, 0.05) is 12.6 Å². The van der Waals surface area contributed by atoms with Crippen molar-refractivity contribution in [3.8, 4) is 5.75 Å². The molecule has 0 saturated carbocycles. The molecule has 0 saturated heterocycles. The van der Waals surface area contributed by atoms with E-state index in [1.807, 2.05) is 24.3 Å². The molecule has 2 atom stereocenters. The summed E-state index contributed by atoms with van der Waals surface area (Å²) < 4.78 is 5.33. The van der Waals surface area contributed by atoms with E-state index in [1.165, 1.54) is 12.8 Å². The lowest BCUT2D eigenvalue weighted by Crippen LogP contribution is -2.35. The number of anilines is 1. The third-order valence-corrected chi connectivity index (χ3v) is 3.13. The van der Waals surface area contributed by atoms with Crippen LogP contribution in [0.3, 0.4) is 0 Å². The van der Waals surface area contributed by atoms with Gasteiger partial charge in [-0.15, -0.1) is 0 Å². The maximum absolute atomic E-state index is 5.84. The molecule has 1 aromatic rings. The second kappa shape index (κ2) is 7.17. The van der Waals surface area contributed by atoms with Gasteiger partial charge in [-0.2, -0.15) is 0 Å². The molecule has 0 aromatic heterocycles. The van der Waals surface area contributed by atoms with Crippen LogP contribution in [-0.2, 0) is 0 Å². The van der Waals surface area contributed by atoms with Crippen LogP contribution in [0.1, 0.15) is 26.7 Å². The lowest BCUT2D eigenvalue weighted by atomic mass is 9.96. The van der Waals surface area contributed by atoms with Crippen LogP contribution in [0.5, 0.6) is 5.75 Å². The maximum Gasteiger partial charge on any atom is 0.141 e. The Kier molecular flexibility index (Phi) is 5.84. The Morgan fingerprint density at radius 3 is 2.65 bits per heavy atom. The monoisotopic (exact) mass is 236 g/mol. The first-order valence-electron chi connectivity index (χ1n) is 6.32.